The Morgan fingerprint density at radius 2 is 1.89 bits per heavy atom. The van der Waals surface area contributed by atoms with Crippen LogP contribution in [0.5, 0.6) is 0 Å². The van der Waals surface area contributed by atoms with E-state index in [4.69, 9.17) is 10.5 Å². The number of ether oxygens (including phenoxy) is 1. The van der Waals surface area contributed by atoms with Gasteiger partial charge in [-0.15, -0.1) is 11.8 Å². The minimum Gasteiger partial charge on any atom is -0.372 e. The fourth-order valence-electron chi connectivity index (χ4n) is 2.49. The van der Waals surface area contributed by atoms with Crippen molar-refractivity contribution in [2.45, 2.75) is 24.2 Å². The number of fused-ring (bicyclic) bond motifs is 1. The summed E-state index contributed by atoms with van der Waals surface area (Å²) in [5.74, 6) is 0. The lowest BCUT2D eigenvalue weighted by Gasteiger charge is -2.16. The van der Waals surface area contributed by atoms with E-state index >= 15 is 0 Å². The van der Waals surface area contributed by atoms with Crippen LogP contribution in [0.2, 0.25) is 0 Å². The van der Waals surface area contributed by atoms with Gasteiger partial charge in [0.2, 0.25) is 0 Å². The Kier molecular flexibility index (Phi) is 3.60. The molecule has 0 saturated heterocycles. The topological polar surface area (TPSA) is 35.2 Å². The molecule has 1 atom stereocenters. The summed E-state index contributed by atoms with van der Waals surface area (Å²) in [6, 6.07) is 14.7. The molecule has 2 aromatic carbocycles. The Morgan fingerprint density at radius 1 is 1.11 bits per heavy atom. The summed E-state index contributed by atoms with van der Waals surface area (Å²) in [7, 11) is 0. The van der Waals surface area contributed by atoms with E-state index in [-0.39, 0.29) is 6.04 Å². The third kappa shape index (κ3) is 2.41. The standard InChI is InChI=1S/C16H17NOS/c1-19-15-5-3-2-4-14(15)16(17)11-6-7-12-9-18-10-13(12)8-11/h2-8,16H,9-10,17H2,1H3. The third-order valence-corrected chi connectivity index (χ3v) is 4.39. The number of hydrogen-bond donors (Lipinski definition) is 1. The average Bonchev–Trinajstić information content (AvgIpc) is 2.93. The summed E-state index contributed by atoms with van der Waals surface area (Å²) in [6.07, 6.45) is 2.09. The van der Waals surface area contributed by atoms with E-state index in [0.717, 1.165) is 12.2 Å². The molecule has 0 aliphatic carbocycles. The largest absolute Gasteiger partial charge is 0.372 e. The normalized spacial score (nSPS) is 15.3. The highest BCUT2D eigenvalue weighted by Crippen LogP contribution is 2.30. The fourth-order valence-corrected chi connectivity index (χ4v) is 3.13. The zero-order valence-electron chi connectivity index (χ0n) is 10.9. The first kappa shape index (κ1) is 12.7. The second-order valence-corrected chi connectivity index (χ2v) is 5.59. The summed E-state index contributed by atoms with van der Waals surface area (Å²) in [4.78, 5) is 1.24. The highest BCUT2D eigenvalue weighted by atomic mass is 32.2. The minimum atomic E-state index is -0.0745. The van der Waals surface area contributed by atoms with Crippen LogP contribution in [0.3, 0.4) is 0 Å². The molecule has 98 valence electrons. The number of benzene rings is 2. The molecule has 1 heterocycles. The molecule has 2 N–H and O–H groups in total. The minimum absolute atomic E-state index is 0.0745. The van der Waals surface area contributed by atoms with E-state index in [1.807, 2.05) is 6.07 Å². The predicted molar refractivity (Wildman–Crippen MR) is 79.2 cm³/mol. The van der Waals surface area contributed by atoms with Crippen molar-refractivity contribution in [3.05, 3.63) is 64.7 Å². The Labute approximate surface area is 118 Å². The highest BCUT2D eigenvalue weighted by molar-refractivity contribution is 7.98. The molecule has 1 aliphatic rings. The first-order valence-electron chi connectivity index (χ1n) is 6.37. The zero-order valence-corrected chi connectivity index (χ0v) is 11.7. The summed E-state index contributed by atoms with van der Waals surface area (Å²) in [6.45, 7) is 1.44. The molecule has 0 aromatic heterocycles. The van der Waals surface area contributed by atoms with Gasteiger partial charge in [0, 0.05) is 4.90 Å². The van der Waals surface area contributed by atoms with Crippen LogP contribution in [0.25, 0.3) is 0 Å². The van der Waals surface area contributed by atoms with Gasteiger partial charge in [0.25, 0.3) is 0 Å². The van der Waals surface area contributed by atoms with Crippen LogP contribution < -0.4 is 5.73 Å². The van der Waals surface area contributed by atoms with Gasteiger partial charge in [-0.2, -0.15) is 0 Å². The Balaban J connectivity index is 1.97. The van der Waals surface area contributed by atoms with E-state index in [1.165, 1.54) is 21.6 Å². The Bertz CT molecular complexity index is 597. The molecule has 2 aromatic rings. The van der Waals surface area contributed by atoms with Gasteiger partial charge in [0.05, 0.1) is 19.3 Å². The predicted octanol–water partition coefficient (Wildman–Crippen LogP) is 3.49. The van der Waals surface area contributed by atoms with Gasteiger partial charge in [-0.3, -0.25) is 0 Å². The lowest BCUT2D eigenvalue weighted by atomic mass is 9.96. The summed E-state index contributed by atoms with van der Waals surface area (Å²) in [5.41, 5.74) is 11.3. The van der Waals surface area contributed by atoms with E-state index in [2.05, 4.69) is 42.7 Å². The lowest BCUT2D eigenvalue weighted by Crippen LogP contribution is -2.13. The van der Waals surface area contributed by atoms with Crippen LogP contribution >= 0.6 is 11.8 Å². The van der Waals surface area contributed by atoms with Crippen molar-refractivity contribution < 1.29 is 4.74 Å². The molecule has 0 fully saturated rings. The molecule has 1 unspecified atom stereocenters. The van der Waals surface area contributed by atoms with Gasteiger partial charge in [0.1, 0.15) is 0 Å². The van der Waals surface area contributed by atoms with Crippen molar-refractivity contribution >= 4 is 11.8 Å². The SMILES string of the molecule is CSc1ccccc1C(N)c1ccc2c(c1)COC2. The monoisotopic (exact) mass is 271 g/mol. The summed E-state index contributed by atoms with van der Waals surface area (Å²) >= 11 is 1.74. The van der Waals surface area contributed by atoms with Crippen molar-refractivity contribution in [1.29, 1.82) is 0 Å². The molecule has 0 bridgehead atoms. The average molecular weight is 271 g/mol. The lowest BCUT2D eigenvalue weighted by molar-refractivity contribution is 0.134. The van der Waals surface area contributed by atoms with Crippen molar-refractivity contribution in [1.82, 2.24) is 0 Å². The van der Waals surface area contributed by atoms with Crippen LogP contribution in [0.4, 0.5) is 0 Å². The molecule has 1 aliphatic heterocycles. The Morgan fingerprint density at radius 3 is 2.74 bits per heavy atom. The van der Waals surface area contributed by atoms with E-state index in [0.29, 0.717) is 6.61 Å². The fraction of sp³-hybridized carbons (Fsp3) is 0.250. The maximum Gasteiger partial charge on any atom is 0.0725 e. The van der Waals surface area contributed by atoms with Crippen LogP contribution in [-0.2, 0) is 18.0 Å². The molecule has 3 heteroatoms. The van der Waals surface area contributed by atoms with Crippen molar-refractivity contribution in [3.63, 3.8) is 0 Å². The van der Waals surface area contributed by atoms with Crippen LogP contribution in [-0.4, -0.2) is 6.26 Å². The number of thioether (sulfide) groups is 1. The van der Waals surface area contributed by atoms with Gasteiger partial charge in [-0.25, -0.2) is 0 Å². The zero-order chi connectivity index (χ0) is 13.2. The van der Waals surface area contributed by atoms with E-state index < -0.39 is 0 Å². The van der Waals surface area contributed by atoms with Crippen LogP contribution in [0.1, 0.15) is 28.3 Å². The Hall–Kier alpha value is -1.29. The smallest absolute Gasteiger partial charge is 0.0725 e. The third-order valence-electron chi connectivity index (χ3n) is 3.58. The molecule has 19 heavy (non-hydrogen) atoms. The summed E-state index contributed by atoms with van der Waals surface area (Å²) < 4.78 is 5.46. The molecule has 2 nitrogen and oxygen atoms in total. The number of hydrogen-bond acceptors (Lipinski definition) is 3. The first-order valence-corrected chi connectivity index (χ1v) is 7.60. The van der Waals surface area contributed by atoms with E-state index in [1.54, 1.807) is 11.8 Å². The second-order valence-electron chi connectivity index (χ2n) is 4.74. The maximum atomic E-state index is 6.43. The van der Waals surface area contributed by atoms with E-state index in [9.17, 15) is 0 Å². The highest BCUT2D eigenvalue weighted by Gasteiger charge is 2.16. The molecular formula is C16H17NOS. The van der Waals surface area contributed by atoms with Crippen molar-refractivity contribution in [2.24, 2.45) is 5.73 Å². The van der Waals surface area contributed by atoms with Crippen molar-refractivity contribution in [2.75, 3.05) is 6.26 Å². The van der Waals surface area contributed by atoms with Gasteiger partial charge >= 0.3 is 0 Å². The number of rotatable bonds is 3. The first-order chi connectivity index (χ1) is 9.29. The summed E-state index contributed by atoms with van der Waals surface area (Å²) in [5, 5.41) is 0. The van der Waals surface area contributed by atoms with Gasteiger partial charge in [0.15, 0.2) is 0 Å². The van der Waals surface area contributed by atoms with Crippen LogP contribution in [0, 0.1) is 0 Å². The molecule has 0 radical (unpaired) electrons. The maximum absolute atomic E-state index is 6.43. The molecular weight excluding hydrogens is 254 g/mol. The second kappa shape index (κ2) is 5.37. The van der Waals surface area contributed by atoms with Gasteiger partial charge < -0.3 is 10.5 Å². The van der Waals surface area contributed by atoms with Gasteiger partial charge in [-0.05, 0) is 34.6 Å². The van der Waals surface area contributed by atoms with Crippen molar-refractivity contribution in [3.8, 4) is 0 Å². The molecule has 0 spiro atoms. The number of nitrogens with two attached hydrogens (primary N) is 1. The molecule has 0 amide bonds. The molecule has 0 saturated carbocycles. The quantitative estimate of drug-likeness (QED) is 0.868. The van der Waals surface area contributed by atoms with Gasteiger partial charge in [-0.1, -0.05) is 36.4 Å². The molecule has 3 rings (SSSR count). The van der Waals surface area contributed by atoms with Crippen LogP contribution in [0.15, 0.2) is 47.4 Å².